The molecule has 1 amide bonds. The van der Waals surface area contributed by atoms with Crippen LogP contribution in [0.15, 0.2) is 0 Å². The molecule has 0 bridgehead atoms. The van der Waals surface area contributed by atoms with Crippen molar-refractivity contribution in [2.75, 3.05) is 0 Å². The normalized spacial score (nSPS) is 10.9. The summed E-state index contributed by atoms with van der Waals surface area (Å²) in [5, 5.41) is 4.32. The van der Waals surface area contributed by atoms with Crippen molar-refractivity contribution in [1.29, 1.82) is 0 Å². The van der Waals surface area contributed by atoms with Gasteiger partial charge < -0.3 is 0 Å². The molecule has 9 heavy (non-hydrogen) atoms. The minimum atomic E-state index is -4.05. The van der Waals surface area contributed by atoms with Crippen LogP contribution in [0.4, 0.5) is 0 Å². The lowest BCUT2D eigenvalue weighted by molar-refractivity contribution is -0.125. The molecule has 0 aliphatic rings. The molecule has 0 unspecified atom stereocenters. The van der Waals surface area contributed by atoms with E-state index >= 15 is 0 Å². The van der Waals surface area contributed by atoms with Gasteiger partial charge in [0.25, 0.3) is 0 Å². The average Bonchev–Trinajstić information content (AvgIpc) is 1.59. The molecule has 0 aromatic carbocycles. The van der Waals surface area contributed by atoms with Crippen molar-refractivity contribution in [3.05, 3.63) is 0 Å². The van der Waals surface area contributed by atoms with Gasteiger partial charge in [0.15, 0.2) is 0 Å². The van der Waals surface area contributed by atoms with Crippen LogP contribution in [0.5, 0.6) is 0 Å². The number of carbonyl (C=O) groups is 1. The summed E-state index contributed by atoms with van der Waals surface area (Å²) in [6.07, 6.45) is 0. The van der Waals surface area contributed by atoms with Gasteiger partial charge in [-0.2, -0.15) is 8.42 Å². The van der Waals surface area contributed by atoms with Crippen molar-refractivity contribution in [1.82, 2.24) is 5.48 Å². The van der Waals surface area contributed by atoms with Gasteiger partial charge in [-0.05, 0) is 0 Å². The fourth-order valence-corrected chi connectivity index (χ4v) is 0.350. The first-order valence-electron chi connectivity index (χ1n) is 1.89. The van der Waals surface area contributed by atoms with Gasteiger partial charge in [-0.1, -0.05) is 0 Å². The molecule has 7 heteroatoms. The van der Waals surface area contributed by atoms with Crippen molar-refractivity contribution in [2.24, 2.45) is 5.14 Å². The first-order chi connectivity index (χ1) is 3.92. The fraction of sp³-hybridized carbons (Fsp3) is 0.500. The van der Waals surface area contributed by atoms with Gasteiger partial charge >= 0.3 is 10.3 Å². The van der Waals surface area contributed by atoms with E-state index in [1.165, 1.54) is 5.48 Å². The van der Waals surface area contributed by atoms with E-state index < -0.39 is 16.2 Å². The van der Waals surface area contributed by atoms with E-state index in [4.69, 9.17) is 0 Å². The Morgan fingerprint density at radius 3 is 2.22 bits per heavy atom. The Morgan fingerprint density at radius 1 is 1.67 bits per heavy atom. The van der Waals surface area contributed by atoms with Gasteiger partial charge in [0.1, 0.15) is 0 Å². The van der Waals surface area contributed by atoms with Crippen LogP contribution in [0, 0.1) is 0 Å². The Morgan fingerprint density at radius 2 is 2.11 bits per heavy atom. The number of hydrogen-bond acceptors (Lipinski definition) is 4. The van der Waals surface area contributed by atoms with E-state index in [9.17, 15) is 13.2 Å². The maximum Gasteiger partial charge on any atom is 0.354 e. The second kappa shape index (κ2) is 2.76. The quantitative estimate of drug-likeness (QED) is 0.461. The van der Waals surface area contributed by atoms with Crippen molar-refractivity contribution in [3.8, 4) is 0 Å². The first-order valence-corrected chi connectivity index (χ1v) is 3.37. The molecular formula is C2H6N2O4S. The summed E-state index contributed by atoms with van der Waals surface area (Å²) in [5.41, 5.74) is 1.53. The van der Waals surface area contributed by atoms with Crippen LogP contribution in [0.25, 0.3) is 0 Å². The number of nitrogens with one attached hydrogen (secondary N) is 1. The predicted octanol–water partition coefficient (Wildman–Crippen LogP) is -1.74. The predicted molar refractivity (Wildman–Crippen MR) is 28.0 cm³/mol. The number of amides is 1. The number of nitrogens with two attached hydrogens (primary N) is 1. The molecule has 0 atom stereocenters. The highest BCUT2D eigenvalue weighted by Gasteiger charge is 2.01. The second-order valence-electron chi connectivity index (χ2n) is 1.23. The zero-order valence-corrected chi connectivity index (χ0v) is 5.44. The van der Waals surface area contributed by atoms with Gasteiger partial charge in [-0.3, -0.25) is 4.79 Å². The number of rotatable bonds is 2. The molecule has 0 aliphatic heterocycles. The monoisotopic (exact) mass is 154 g/mol. The van der Waals surface area contributed by atoms with Crippen LogP contribution in [-0.2, 0) is 19.4 Å². The molecule has 0 fully saturated rings. The van der Waals surface area contributed by atoms with Crippen LogP contribution in [0.2, 0.25) is 0 Å². The summed E-state index contributed by atoms with van der Waals surface area (Å²) >= 11 is 0. The van der Waals surface area contributed by atoms with E-state index in [-0.39, 0.29) is 0 Å². The lowest BCUT2D eigenvalue weighted by atomic mass is 10.8. The van der Waals surface area contributed by atoms with Gasteiger partial charge in [-0.15, -0.1) is 4.28 Å². The SMILES string of the molecule is CC(=O)NOS(N)(=O)=O. The number of carbonyl (C=O) groups excluding carboxylic acids is 1. The maximum atomic E-state index is 9.93. The summed E-state index contributed by atoms with van der Waals surface area (Å²) in [7, 11) is -4.05. The molecule has 0 heterocycles. The van der Waals surface area contributed by atoms with Crippen LogP contribution < -0.4 is 10.6 Å². The third-order valence-electron chi connectivity index (χ3n) is 0.302. The molecule has 0 aromatic rings. The topological polar surface area (TPSA) is 98.5 Å². The minimum absolute atomic E-state index is 0.635. The van der Waals surface area contributed by atoms with Crippen molar-refractivity contribution >= 4 is 16.2 Å². The highest BCUT2D eigenvalue weighted by atomic mass is 32.2. The lowest BCUT2D eigenvalue weighted by Gasteiger charge is -1.96. The first kappa shape index (κ1) is 8.34. The van der Waals surface area contributed by atoms with Crippen LogP contribution >= 0.6 is 0 Å². The third-order valence-corrected chi connectivity index (χ3v) is 0.617. The highest BCUT2D eigenvalue weighted by Crippen LogP contribution is 1.73. The molecule has 0 aromatic heterocycles. The molecule has 0 rings (SSSR count). The molecule has 0 radical (unpaired) electrons. The summed E-state index contributed by atoms with van der Waals surface area (Å²) in [6.45, 7) is 1.09. The molecule has 0 aliphatic carbocycles. The van der Waals surface area contributed by atoms with Gasteiger partial charge in [0.2, 0.25) is 5.91 Å². The largest absolute Gasteiger partial charge is 0.354 e. The van der Waals surface area contributed by atoms with Crippen LogP contribution in [0.3, 0.4) is 0 Å². The summed E-state index contributed by atoms with van der Waals surface area (Å²) in [5.74, 6) is -0.635. The van der Waals surface area contributed by atoms with Crippen molar-refractivity contribution in [3.63, 3.8) is 0 Å². The van der Waals surface area contributed by atoms with Crippen molar-refractivity contribution in [2.45, 2.75) is 6.92 Å². The van der Waals surface area contributed by atoms with Gasteiger partial charge in [-0.25, -0.2) is 10.6 Å². The molecule has 3 N–H and O–H groups in total. The van der Waals surface area contributed by atoms with Gasteiger partial charge in [0, 0.05) is 6.92 Å². The van der Waals surface area contributed by atoms with E-state index in [1.54, 1.807) is 0 Å². The zero-order chi connectivity index (χ0) is 7.49. The Labute approximate surface area is 52.2 Å². The van der Waals surface area contributed by atoms with Crippen molar-refractivity contribution < 1.29 is 17.5 Å². The maximum absolute atomic E-state index is 9.93. The standard InChI is InChI=1S/C2H6N2O4S/c1-2(5)4-8-9(3,6)7/h1H3,(H,4,5)(H2,3,6,7). The molecule has 0 saturated carbocycles. The highest BCUT2D eigenvalue weighted by molar-refractivity contribution is 7.84. The minimum Gasteiger partial charge on any atom is -0.273 e. The van der Waals surface area contributed by atoms with E-state index in [0.717, 1.165) is 6.92 Å². The lowest BCUT2D eigenvalue weighted by Crippen LogP contribution is -2.28. The number of hydrogen-bond donors (Lipinski definition) is 2. The molecular weight excluding hydrogens is 148 g/mol. The van der Waals surface area contributed by atoms with E-state index in [1.807, 2.05) is 0 Å². The molecule has 0 spiro atoms. The Balaban J connectivity index is 3.67. The fourth-order valence-electron chi connectivity index (χ4n) is 0.117. The van der Waals surface area contributed by atoms with E-state index in [0.29, 0.717) is 0 Å². The van der Waals surface area contributed by atoms with Gasteiger partial charge in [0.05, 0.1) is 0 Å². The Kier molecular flexibility index (Phi) is 2.56. The van der Waals surface area contributed by atoms with E-state index in [2.05, 4.69) is 9.42 Å². The van der Waals surface area contributed by atoms with Crippen LogP contribution in [0.1, 0.15) is 6.92 Å². The second-order valence-corrected chi connectivity index (χ2v) is 2.39. The molecule has 6 nitrogen and oxygen atoms in total. The summed E-state index contributed by atoms with van der Waals surface area (Å²) in [4.78, 5) is 9.93. The average molecular weight is 154 g/mol. The Bertz CT molecular complexity index is 195. The summed E-state index contributed by atoms with van der Waals surface area (Å²) < 4.78 is 23.4. The molecule has 54 valence electrons. The summed E-state index contributed by atoms with van der Waals surface area (Å²) in [6, 6.07) is 0. The third kappa shape index (κ3) is 7.34. The Hall–Kier alpha value is -0.660. The molecule has 0 saturated heterocycles. The number of hydroxylamine groups is 1. The zero-order valence-electron chi connectivity index (χ0n) is 4.62. The smallest absolute Gasteiger partial charge is 0.273 e. The van der Waals surface area contributed by atoms with Crippen LogP contribution in [-0.4, -0.2) is 14.3 Å².